The zero-order chi connectivity index (χ0) is 9.84. The minimum atomic E-state index is -0.378. The summed E-state index contributed by atoms with van der Waals surface area (Å²) in [6.07, 6.45) is 0. The molecule has 0 spiro atoms. The van der Waals surface area contributed by atoms with Crippen LogP contribution in [0.1, 0.15) is 12.5 Å². The van der Waals surface area contributed by atoms with Gasteiger partial charge >= 0.3 is 0 Å². The van der Waals surface area contributed by atoms with E-state index in [1.807, 2.05) is 13.0 Å². The molecule has 0 saturated carbocycles. The van der Waals surface area contributed by atoms with Crippen molar-refractivity contribution in [2.75, 3.05) is 5.32 Å². The van der Waals surface area contributed by atoms with Gasteiger partial charge < -0.3 is 5.32 Å². The monoisotopic (exact) mass is 178 g/mol. The number of hydrogen-bond acceptors (Lipinski definition) is 2. The van der Waals surface area contributed by atoms with Crippen LogP contribution < -0.4 is 5.32 Å². The van der Waals surface area contributed by atoms with Crippen molar-refractivity contribution in [2.45, 2.75) is 19.9 Å². The molecule has 0 saturated heterocycles. The Morgan fingerprint density at radius 3 is 2.77 bits per heavy atom. The first-order chi connectivity index (χ1) is 6.13. The van der Waals surface area contributed by atoms with Crippen LogP contribution in [0.3, 0.4) is 0 Å². The van der Waals surface area contributed by atoms with Gasteiger partial charge in [0.05, 0.1) is 11.8 Å². The molecule has 1 unspecified atom stereocenters. The van der Waals surface area contributed by atoms with Crippen LogP contribution in [0.25, 0.3) is 0 Å². The molecule has 1 aromatic rings. The first kappa shape index (κ1) is 9.53. The normalized spacial score (nSPS) is 11.8. The molecule has 1 aromatic carbocycles. The Bertz CT molecular complexity index is 341. The molecule has 0 radical (unpaired) electrons. The van der Waals surface area contributed by atoms with Crippen molar-refractivity contribution in [2.24, 2.45) is 0 Å². The molecular weight excluding hydrogens is 167 g/mol. The number of aryl methyl sites for hydroxylation is 1. The van der Waals surface area contributed by atoms with Crippen LogP contribution in [0, 0.1) is 24.1 Å². The second-order valence-electron chi connectivity index (χ2n) is 2.98. The summed E-state index contributed by atoms with van der Waals surface area (Å²) in [7, 11) is 0. The highest BCUT2D eigenvalue weighted by Crippen LogP contribution is 2.15. The lowest BCUT2D eigenvalue weighted by molar-refractivity contribution is 0.628. The van der Waals surface area contributed by atoms with E-state index in [1.165, 1.54) is 6.07 Å². The van der Waals surface area contributed by atoms with Gasteiger partial charge in [0.1, 0.15) is 11.9 Å². The number of benzene rings is 1. The number of nitriles is 1. The molecular formula is C10H11FN2. The van der Waals surface area contributed by atoms with E-state index in [-0.39, 0.29) is 11.9 Å². The van der Waals surface area contributed by atoms with Crippen LogP contribution in [-0.4, -0.2) is 6.04 Å². The van der Waals surface area contributed by atoms with Crippen molar-refractivity contribution >= 4 is 5.69 Å². The highest BCUT2D eigenvalue weighted by Gasteiger charge is 2.04. The Balaban J connectivity index is 2.85. The molecule has 0 fully saturated rings. The fourth-order valence-electron chi connectivity index (χ4n) is 1.00. The van der Waals surface area contributed by atoms with Crippen LogP contribution >= 0.6 is 0 Å². The summed E-state index contributed by atoms with van der Waals surface area (Å²) in [6, 6.07) is 6.48. The lowest BCUT2D eigenvalue weighted by Crippen LogP contribution is -2.13. The SMILES string of the molecule is Cc1ccc(NC(C)C#N)c(F)c1. The van der Waals surface area contributed by atoms with E-state index < -0.39 is 0 Å². The minimum Gasteiger partial charge on any atom is -0.368 e. The first-order valence-corrected chi connectivity index (χ1v) is 4.06. The number of halogens is 1. The van der Waals surface area contributed by atoms with Crippen molar-refractivity contribution in [1.82, 2.24) is 0 Å². The molecule has 3 heteroatoms. The summed E-state index contributed by atoms with van der Waals surface area (Å²) in [6.45, 7) is 3.50. The molecule has 0 amide bonds. The Morgan fingerprint density at radius 1 is 1.54 bits per heavy atom. The maximum absolute atomic E-state index is 13.2. The van der Waals surface area contributed by atoms with E-state index in [0.29, 0.717) is 5.69 Å². The van der Waals surface area contributed by atoms with Gasteiger partial charge in [-0.25, -0.2) is 4.39 Å². The number of nitrogens with zero attached hydrogens (tertiary/aromatic N) is 1. The molecule has 1 N–H and O–H groups in total. The lowest BCUT2D eigenvalue weighted by atomic mass is 10.2. The second-order valence-corrected chi connectivity index (χ2v) is 2.98. The van der Waals surface area contributed by atoms with E-state index in [4.69, 9.17) is 5.26 Å². The summed E-state index contributed by atoms with van der Waals surface area (Å²) in [5, 5.41) is 11.3. The minimum absolute atomic E-state index is 0.317. The highest BCUT2D eigenvalue weighted by atomic mass is 19.1. The number of nitrogens with one attached hydrogen (secondary N) is 1. The summed E-state index contributed by atoms with van der Waals surface area (Å²) in [5.74, 6) is -0.317. The largest absolute Gasteiger partial charge is 0.368 e. The van der Waals surface area contributed by atoms with Crippen LogP contribution in [0.2, 0.25) is 0 Å². The molecule has 0 aliphatic rings. The van der Waals surface area contributed by atoms with Gasteiger partial charge in [0.15, 0.2) is 0 Å². The fourth-order valence-corrected chi connectivity index (χ4v) is 1.00. The predicted octanol–water partition coefficient (Wildman–Crippen LogP) is 2.46. The molecule has 0 bridgehead atoms. The molecule has 0 aliphatic carbocycles. The molecule has 1 rings (SSSR count). The first-order valence-electron chi connectivity index (χ1n) is 4.06. The quantitative estimate of drug-likeness (QED) is 0.755. The Morgan fingerprint density at radius 2 is 2.23 bits per heavy atom. The number of rotatable bonds is 2. The average Bonchev–Trinajstić information content (AvgIpc) is 2.09. The van der Waals surface area contributed by atoms with Gasteiger partial charge in [0.25, 0.3) is 0 Å². The Kier molecular flexibility index (Phi) is 2.86. The van der Waals surface area contributed by atoms with Crippen LogP contribution in [0.5, 0.6) is 0 Å². The maximum Gasteiger partial charge on any atom is 0.146 e. The molecule has 0 aromatic heterocycles. The summed E-state index contributed by atoms with van der Waals surface area (Å²) in [4.78, 5) is 0. The van der Waals surface area contributed by atoms with E-state index in [9.17, 15) is 4.39 Å². The Labute approximate surface area is 77.0 Å². The maximum atomic E-state index is 13.2. The van der Waals surface area contributed by atoms with Gasteiger partial charge in [0.2, 0.25) is 0 Å². The fraction of sp³-hybridized carbons (Fsp3) is 0.300. The molecule has 1 atom stereocenters. The Hall–Kier alpha value is -1.56. The van der Waals surface area contributed by atoms with Gasteiger partial charge in [-0.3, -0.25) is 0 Å². The lowest BCUT2D eigenvalue weighted by Gasteiger charge is -2.08. The molecule has 0 heterocycles. The standard InChI is InChI=1S/C10H11FN2/c1-7-3-4-10(9(11)5-7)13-8(2)6-12/h3-5,8,13H,1-2H3. The molecule has 68 valence electrons. The molecule has 13 heavy (non-hydrogen) atoms. The van der Waals surface area contributed by atoms with Gasteiger partial charge in [-0.05, 0) is 31.5 Å². The summed E-state index contributed by atoms with van der Waals surface area (Å²) < 4.78 is 13.2. The highest BCUT2D eigenvalue weighted by molar-refractivity contribution is 5.47. The van der Waals surface area contributed by atoms with Gasteiger partial charge in [-0.15, -0.1) is 0 Å². The van der Waals surface area contributed by atoms with Crippen molar-refractivity contribution in [1.29, 1.82) is 5.26 Å². The van der Waals surface area contributed by atoms with Crippen molar-refractivity contribution < 1.29 is 4.39 Å². The summed E-state index contributed by atoms with van der Waals surface area (Å²) >= 11 is 0. The second kappa shape index (κ2) is 3.90. The molecule has 2 nitrogen and oxygen atoms in total. The smallest absolute Gasteiger partial charge is 0.146 e. The zero-order valence-electron chi connectivity index (χ0n) is 7.63. The van der Waals surface area contributed by atoms with Gasteiger partial charge in [-0.2, -0.15) is 5.26 Å². The van der Waals surface area contributed by atoms with Crippen LogP contribution in [0.4, 0.5) is 10.1 Å². The molecule has 0 aliphatic heterocycles. The van der Waals surface area contributed by atoms with E-state index in [1.54, 1.807) is 19.1 Å². The van der Waals surface area contributed by atoms with Crippen molar-refractivity contribution in [3.05, 3.63) is 29.6 Å². The van der Waals surface area contributed by atoms with Crippen molar-refractivity contribution in [3.63, 3.8) is 0 Å². The topological polar surface area (TPSA) is 35.8 Å². The van der Waals surface area contributed by atoms with Gasteiger partial charge in [-0.1, -0.05) is 6.07 Å². The zero-order valence-corrected chi connectivity index (χ0v) is 7.63. The van der Waals surface area contributed by atoms with E-state index in [0.717, 1.165) is 5.56 Å². The third-order valence-electron chi connectivity index (χ3n) is 1.69. The van der Waals surface area contributed by atoms with E-state index >= 15 is 0 Å². The van der Waals surface area contributed by atoms with Crippen LogP contribution in [0.15, 0.2) is 18.2 Å². The third kappa shape index (κ3) is 2.45. The van der Waals surface area contributed by atoms with E-state index in [2.05, 4.69) is 5.32 Å². The van der Waals surface area contributed by atoms with Gasteiger partial charge in [0, 0.05) is 0 Å². The third-order valence-corrected chi connectivity index (χ3v) is 1.69. The number of hydrogen-bond donors (Lipinski definition) is 1. The summed E-state index contributed by atoms with van der Waals surface area (Å²) in [5.41, 5.74) is 1.24. The number of anilines is 1. The predicted molar refractivity (Wildman–Crippen MR) is 49.8 cm³/mol. The van der Waals surface area contributed by atoms with Crippen LogP contribution in [-0.2, 0) is 0 Å². The average molecular weight is 178 g/mol. The van der Waals surface area contributed by atoms with Crippen molar-refractivity contribution in [3.8, 4) is 6.07 Å².